The standard InChI is InChI=1S/C20H22F3N5OS.HI/c1-3-24-19(25-9-8-18-28-16(12-30-18)20(21,22)23)27-11-17-26-10-15(29-17)14-6-4-13(2)5-7-14;/h4-7,10,12H,3,8-9,11H2,1-2H3,(H2,24,25,27);1H. The lowest BCUT2D eigenvalue weighted by molar-refractivity contribution is -0.140. The van der Waals surface area contributed by atoms with E-state index in [0.29, 0.717) is 42.1 Å². The predicted octanol–water partition coefficient (Wildman–Crippen LogP) is 5.04. The molecule has 0 fully saturated rings. The number of guanidine groups is 1. The van der Waals surface area contributed by atoms with Gasteiger partial charge in [0, 0.05) is 30.5 Å². The quantitative estimate of drug-likeness (QED) is 0.239. The molecule has 0 unspecified atom stereocenters. The van der Waals surface area contributed by atoms with E-state index >= 15 is 0 Å². The minimum Gasteiger partial charge on any atom is -0.439 e. The Morgan fingerprint density at radius 1 is 1.19 bits per heavy atom. The number of aliphatic imine (C=N–C) groups is 1. The first-order chi connectivity index (χ1) is 14.3. The van der Waals surface area contributed by atoms with Gasteiger partial charge in [-0.2, -0.15) is 13.2 Å². The average molecular weight is 565 g/mol. The number of halogens is 4. The van der Waals surface area contributed by atoms with Crippen LogP contribution in [0.2, 0.25) is 0 Å². The monoisotopic (exact) mass is 565 g/mol. The van der Waals surface area contributed by atoms with Crippen molar-refractivity contribution in [3.8, 4) is 11.3 Å². The van der Waals surface area contributed by atoms with Crippen LogP contribution >= 0.6 is 35.3 Å². The fraction of sp³-hybridized carbons (Fsp3) is 0.350. The average Bonchev–Trinajstić information content (AvgIpc) is 3.36. The van der Waals surface area contributed by atoms with Gasteiger partial charge in [-0.05, 0) is 13.8 Å². The number of rotatable bonds is 7. The summed E-state index contributed by atoms with van der Waals surface area (Å²) < 4.78 is 43.6. The fourth-order valence-electron chi connectivity index (χ4n) is 2.57. The molecule has 0 aliphatic rings. The van der Waals surface area contributed by atoms with Crippen LogP contribution in [-0.2, 0) is 19.1 Å². The molecule has 3 aromatic rings. The van der Waals surface area contributed by atoms with Crippen LogP contribution in [0.3, 0.4) is 0 Å². The van der Waals surface area contributed by atoms with Crippen LogP contribution in [0.15, 0.2) is 45.3 Å². The van der Waals surface area contributed by atoms with Crippen molar-refractivity contribution >= 4 is 41.3 Å². The Hall–Kier alpha value is -2.15. The maximum Gasteiger partial charge on any atom is 0.434 e. The second-order valence-electron chi connectivity index (χ2n) is 6.48. The minimum atomic E-state index is -4.41. The van der Waals surface area contributed by atoms with E-state index in [4.69, 9.17) is 4.42 Å². The van der Waals surface area contributed by atoms with Crippen molar-refractivity contribution in [2.75, 3.05) is 13.1 Å². The highest BCUT2D eigenvalue weighted by Crippen LogP contribution is 2.30. The van der Waals surface area contributed by atoms with Crippen molar-refractivity contribution in [2.45, 2.75) is 33.0 Å². The molecule has 3 rings (SSSR count). The van der Waals surface area contributed by atoms with Gasteiger partial charge in [0.15, 0.2) is 17.4 Å². The number of aryl methyl sites for hydroxylation is 1. The molecule has 0 amide bonds. The molecule has 2 N–H and O–H groups in total. The summed E-state index contributed by atoms with van der Waals surface area (Å²) in [5.74, 6) is 1.67. The fourth-order valence-corrected chi connectivity index (χ4v) is 3.37. The Labute approximate surface area is 199 Å². The van der Waals surface area contributed by atoms with Gasteiger partial charge in [-0.25, -0.2) is 15.0 Å². The summed E-state index contributed by atoms with van der Waals surface area (Å²) in [4.78, 5) is 12.3. The summed E-state index contributed by atoms with van der Waals surface area (Å²) in [6.45, 7) is 5.21. The van der Waals surface area contributed by atoms with Gasteiger partial charge in [0.1, 0.15) is 6.54 Å². The second-order valence-corrected chi connectivity index (χ2v) is 7.42. The zero-order valence-corrected chi connectivity index (χ0v) is 20.1. The molecule has 0 bridgehead atoms. The normalized spacial score (nSPS) is 11.8. The van der Waals surface area contributed by atoms with Crippen molar-refractivity contribution in [3.63, 3.8) is 0 Å². The highest BCUT2D eigenvalue weighted by Gasteiger charge is 2.33. The third kappa shape index (κ3) is 7.49. The van der Waals surface area contributed by atoms with E-state index in [1.54, 1.807) is 6.20 Å². The maximum atomic E-state index is 12.6. The number of aromatic nitrogens is 2. The van der Waals surface area contributed by atoms with Crippen molar-refractivity contribution in [1.29, 1.82) is 0 Å². The number of benzene rings is 1. The Morgan fingerprint density at radius 3 is 2.58 bits per heavy atom. The van der Waals surface area contributed by atoms with Crippen molar-refractivity contribution in [2.24, 2.45) is 4.99 Å². The molecule has 1 aromatic carbocycles. The molecule has 0 aliphatic carbocycles. The van der Waals surface area contributed by atoms with Crippen LogP contribution in [0.4, 0.5) is 13.2 Å². The van der Waals surface area contributed by atoms with Crippen LogP contribution in [0.1, 0.15) is 29.1 Å². The molecule has 31 heavy (non-hydrogen) atoms. The SMILES string of the molecule is CCNC(=NCc1ncc(-c2ccc(C)cc2)o1)NCCc1nc(C(F)(F)F)cs1.I. The predicted molar refractivity (Wildman–Crippen MR) is 126 cm³/mol. The van der Waals surface area contributed by atoms with Crippen LogP contribution in [0.25, 0.3) is 11.3 Å². The molecule has 2 aromatic heterocycles. The molecule has 0 radical (unpaired) electrons. The number of nitrogens with one attached hydrogen (secondary N) is 2. The van der Waals surface area contributed by atoms with Crippen molar-refractivity contribution in [1.82, 2.24) is 20.6 Å². The van der Waals surface area contributed by atoms with Crippen LogP contribution in [0.5, 0.6) is 0 Å². The summed E-state index contributed by atoms with van der Waals surface area (Å²) in [5.41, 5.74) is 1.25. The number of alkyl halides is 3. The molecule has 0 atom stereocenters. The van der Waals surface area contributed by atoms with Crippen molar-refractivity contribution < 1.29 is 17.6 Å². The summed E-state index contributed by atoms with van der Waals surface area (Å²) in [6, 6.07) is 7.95. The summed E-state index contributed by atoms with van der Waals surface area (Å²) in [5, 5.41) is 7.62. The molecule has 0 saturated heterocycles. The smallest absolute Gasteiger partial charge is 0.434 e. The molecule has 168 valence electrons. The molecule has 11 heteroatoms. The van der Waals surface area contributed by atoms with Crippen LogP contribution in [0, 0.1) is 6.92 Å². The molecule has 0 spiro atoms. The number of nitrogens with zero attached hydrogens (tertiary/aromatic N) is 3. The molecular formula is C20H23F3IN5OS. The first kappa shape index (κ1) is 25.1. The summed E-state index contributed by atoms with van der Waals surface area (Å²) in [7, 11) is 0. The number of thiazole rings is 1. The lowest BCUT2D eigenvalue weighted by Crippen LogP contribution is -2.38. The van der Waals surface area contributed by atoms with E-state index < -0.39 is 11.9 Å². The molecule has 6 nitrogen and oxygen atoms in total. The van der Waals surface area contributed by atoms with Crippen molar-refractivity contribution in [3.05, 3.63) is 58.0 Å². The Bertz CT molecular complexity index is 985. The minimum absolute atomic E-state index is 0. The van der Waals surface area contributed by atoms with Gasteiger partial charge in [0.25, 0.3) is 0 Å². The lowest BCUT2D eigenvalue weighted by atomic mass is 10.1. The maximum absolute atomic E-state index is 12.6. The summed E-state index contributed by atoms with van der Waals surface area (Å²) >= 11 is 0.997. The molecular weight excluding hydrogens is 542 g/mol. The first-order valence-corrected chi connectivity index (χ1v) is 10.3. The second kappa shape index (κ2) is 11.5. The number of hydrogen-bond donors (Lipinski definition) is 2. The lowest BCUT2D eigenvalue weighted by Gasteiger charge is -2.10. The number of hydrogen-bond acceptors (Lipinski definition) is 5. The molecule has 0 saturated carbocycles. The molecule has 0 aliphatic heterocycles. The zero-order chi connectivity index (χ0) is 21.6. The van der Waals surface area contributed by atoms with Gasteiger partial charge in [0.2, 0.25) is 5.89 Å². The van der Waals surface area contributed by atoms with Crippen LogP contribution < -0.4 is 10.6 Å². The first-order valence-electron chi connectivity index (χ1n) is 9.40. The van der Waals surface area contributed by atoms with E-state index in [0.717, 1.165) is 27.8 Å². The van der Waals surface area contributed by atoms with E-state index in [1.165, 1.54) is 0 Å². The van der Waals surface area contributed by atoms with Gasteiger partial charge >= 0.3 is 6.18 Å². The van der Waals surface area contributed by atoms with E-state index in [-0.39, 0.29) is 30.5 Å². The van der Waals surface area contributed by atoms with E-state index in [9.17, 15) is 13.2 Å². The highest BCUT2D eigenvalue weighted by atomic mass is 127. The third-order valence-corrected chi connectivity index (χ3v) is 4.99. The van der Waals surface area contributed by atoms with Gasteiger partial charge in [-0.15, -0.1) is 35.3 Å². The Morgan fingerprint density at radius 2 is 1.94 bits per heavy atom. The topological polar surface area (TPSA) is 75.3 Å². The van der Waals surface area contributed by atoms with Gasteiger partial charge < -0.3 is 15.1 Å². The van der Waals surface area contributed by atoms with E-state index in [2.05, 4.69) is 25.6 Å². The highest BCUT2D eigenvalue weighted by molar-refractivity contribution is 14.0. The largest absolute Gasteiger partial charge is 0.439 e. The zero-order valence-electron chi connectivity index (χ0n) is 17.0. The Kier molecular flexibility index (Phi) is 9.29. The van der Waals surface area contributed by atoms with Gasteiger partial charge in [-0.3, -0.25) is 0 Å². The summed E-state index contributed by atoms with van der Waals surface area (Å²) in [6.07, 6.45) is -2.38. The van der Waals surface area contributed by atoms with Gasteiger partial charge in [0.05, 0.1) is 11.2 Å². The molecule has 2 heterocycles. The van der Waals surface area contributed by atoms with E-state index in [1.807, 2.05) is 38.1 Å². The van der Waals surface area contributed by atoms with Gasteiger partial charge in [-0.1, -0.05) is 29.8 Å². The third-order valence-electron chi connectivity index (χ3n) is 4.08. The van der Waals surface area contributed by atoms with Crippen LogP contribution in [-0.4, -0.2) is 29.0 Å². The number of oxazole rings is 1. The Balaban J connectivity index is 0.00000341.